The van der Waals surface area contributed by atoms with Gasteiger partial charge in [-0.2, -0.15) is 0 Å². The molecule has 0 N–H and O–H groups in total. The molecule has 0 unspecified atom stereocenters. The quantitative estimate of drug-likeness (QED) is 0.607. The number of ether oxygens (including phenoxy) is 1. The highest BCUT2D eigenvalue weighted by atomic mass is 16.5. The third kappa shape index (κ3) is 8.47. The largest absolute Gasteiger partial charge is 0.471 e. The van der Waals surface area contributed by atoms with Gasteiger partial charge < -0.3 is 9.64 Å². The zero-order valence-corrected chi connectivity index (χ0v) is 20.1. The third-order valence-corrected chi connectivity index (χ3v) is 5.72. The molecule has 0 aromatic carbocycles. The van der Waals surface area contributed by atoms with Crippen LogP contribution in [0.5, 0.6) is 0 Å². The number of rotatable bonds is 8. The number of carbonyl (C=O) groups excluding carboxylic acids is 1. The number of aromatic nitrogens is 1. The molecule has 0 atom stereocenters. The molecular weight excluding hydrogens is 374 g/mol. The Balaban J connectivity index is 0.00000103. The topological polar surface area (TPSA) is 45.7 Å². The maximum atomic E-state index is 8.95. The molecule has 1 aromatic heterocycles. The number of methoxy groups -OCH3 is 1. The first kappa shape index (κ1) is 26.2. The normalized spacial score (nSPS) is 16.8. The lowest BCUT2D eigenvalue weighted by Gasteiger charge is -2.29. The number of carbonyl (C=O) groups is 1. The van der Waals surface area contributed by atoms with Crippen LogP contribution in [0.4, 0.5) is 0 Å². The van der Waals surface area contributed by atoms with E-state index in [2.05, 4.69) is 67.4 Å². The first-order valence-electron chi connectivity index (χ1n) is 11.6. The van der Waals surface area contributed by atoms with Gasteiger partial charge in [0.05, 0.1) is 12.5 Å². The predicted molar refractivity (Wildman–Crippen MR) is 126 cm³/mol. The summed E-state index contributed by atoms with van der Waals surface area (Å²) in [7, 11) is 1.31. The Morgan fingerprint density at radius 1 is 1.17 bits per heavy atom. The van der Waals surface area contributed by atoms with Crippen molar-refractivity contribution >= 4 is 18.2 Å². The molecule has 30 heavy (non-hydrogen) atoms. The van der Waals surface area contributed by atoms with Crippen LogP contribution in [0.3, 0.4) is 0 Å². The smallest absolute Gasteiger partial charge is 0.292 e. The minimum Gasteiger partial charge on any atom is -0.471 e. The van der Waals surface area contributed by atoms with Crippen molar-refractivity contribution in [3.05, 3.63) is 28.9 Å². The van der Waals surface area contributed by atoms with Crippen LogP contribution in [0, 0.1) is 5.92 Å². The molecule has 1 aliphatic heterocycles. The van der Waals surface area contributed by atoms with Crippen LogP contribution in [0.15, 0.2) is 18.3 Å². The van der Waals surface area contributed by atoms with E-state index >= 15 is 0 Å². The Bertz CT molecular complexity index is 713. The highest BCUT2D eigenvalue weighted by Gasteiger charge is 2.21. The summed E-state index contributed by atoms with van der Waals surface area (Å²) in [5.74, 6) is 0.680. The van der Waals surface area contributed by atoms with Crippen LogP contribution in [0.25, 0.3) is 11.8 Å². The zero-order chi connectivity index (χ0) is 22.4. The Kier molecular flexibility index (Phi) is 13.1. The van der Waals surface area contributed by atoms with Crippen molar-refractivity contribution in [1.29, 1.82) is 0 Å². The average Bonchev–Trinajstić information content (AvgIpc) is 3.01. The van der Waals surface area contributed by atoms with Crippen molar-refractivity contribution in [2.24, 2.45) is 5.92 Å². The fraction of sp³-hybridized carbons (Fsp3) is 0.680. The molecule has 1 aromatic rings. The van der Waals surface area contributed by atoms with Gasteiger partial charge in [0.1, 0.15) is 0 Å². The molecule has 2 rings (SSSR count). The van der Waals surface area contributed by atoms with Gasteiger partial charge in [0.2, 0.25) is 0 Å². The molecule has 5 nitrogen and oxygen atoms in total. The van der Waals surface area contributed by atoms with Gasteiger partial charge in [0.25, 0.3) is 6.47 Å². The molecular formula is C25H43N3O2. The second kappa shape index (κ2) is 15.0. The van der Waals surface area contributed by atoms with E-state index in [9.17, 15) is 0 Å². The maximum absolute atomic E-state index is 8.95. The first-order valence-corrected chi connectivity index (χ1v) is 11.6. The lowest BCUT2D eigenvalue weighted by Crippen LogP contribution is -2.40. The van der Waals surface area contributed by atoms with Crippen LogP contribution in [0.1, 0.15) is 66.7 Å². The Morgan fingerprint density at radius 2 is 1.87 bits per heavy atom. The number of pyridine rings is 1. The van der Waals surface area contributed by atoms with E-state index in [0.29, 0.717) is 12.4 Å². The van der Waals surface area contributed by atoms with Crippen molar-refractivity contribution in [2.45, 2.75) is 72.8 Å². The van der Waals surface area contributed by atoms with Crippen LogP contribution < -0.4 is 10.6 Å². The Labute approximate surface area is 183 Å². The van der Waals surface area contributed by atoms with Crippen molar-refractivity contribution < 1.29 is 9.53 Å². The molecule has 0 radical (unpaired) electrons. The SMILES string of the molecule is CC/C(=c1/nccc/c1=C/CC(C)C)N1CCCN(C(CC)CC)CC1.COC=O. The minimum absolute atomic E-state index is 0.375. The fourth-order valence-corrected chi connectivity index (χ4v) is 4.10. The van der Waals surface area contributed by atoms with Gasteiger partial charge in [-0.3, -0.25) is 14.7 Å². The molecule has 5 heteroatoms. The molecule has 170 valence electrons. The molecule has 0 aliphatic carbocycles. The van der Waals surface area contributed by atoms with E-state index in [1.54, 1.807) is 0 Å². The van der Waals surface area contributed by atoms with Crippen LogP contribution in [-0.4, -0.2) is 60.6 Å². The predicted octanol–water partition coefficient (Wildman–Crippen LogP) is 3.41. The first-order chi connectivity index (χ1) is 14.5. The molecule has 2 heterocycles. The summed E-state index contributed by atoms with van der Waals surface area (Å²) in [6.45, 7) is 16.5. The zero-order valence-electron chi connectivity index (χ0n) is 20.1. The van der Waals surface area contributed by atoms with Crippen LogP contribution in [-0.2, 0) is 9.53 Å². The summed E-state index contributed by atoms with van der Waals surface area (Å²) in [6.07, 6.45) is 10.2. The van der Waals surface area contributed by atoms with Crippen molar-refractivity contribution in [3.8, 4) is 0 Å². The summed E-state index contributed by atoms with van der Waals surface area (Å²) in [4.78, 5) is 19.1. The minimum atomic E-state index is 0.375. The molecule has 1 saturated heterocycles. The Morgan fingerprint density at radius 3 is 2.43 bits per heavy atom. The van der Waals surface area contributed by atoms with Crippen molar-refractivity contribution in [1.82, 2.24) is 14.8 Å². The van der Waals surface area contributed by atoms with Gasteiger partial charge in [-0.05, 0) is 49.3 Å². The molecule has 0 amide bonds. The van der Waals surface area contributed by atoms with Gasteiger partial charge in [0, 0.05) is 44.1 Å². The second-order valence-corrected chi connectivity index (χ2v) is 8.25. The van der Waals surface area contributed by atoms with E-state index in [4.69, 9.17) is 9.78 Å². The second-order valence-electron chi connectivity index (χ2n) is 8.25. The van der Waals surface area contributed by atoms with Crippen molar-refractivity contribution in [3.63, 3.8) is 0 Å². The summed E-state index contributed by atoms with van der Waals surface area (Å²) < 4.78 is 3.86. The van der Waals surface area contributed by atoms with E-state index in [1.807, 2.05) is 6.20 Å². The molecule has 1 fully saturated rings. The molecule has 0 spiro atoms. The van der Waals surface area contributed by atoms with E-state index in [0.717, 1.165) is 32.0 Å². The number of nitrogens with zero attached hydrogens (tertiary/aromatic N) is 3. The summed E-state index contributed by atoms with van der Waals surface area (Å²) in [6, 6.07) is 5.04. The van der Waals surface area contributed by atoms with E-state index in [-0.39, 0.29) is 0 Å². The van der Waals surface area contributed by atoms with Gasteiger partial charge >= 0.3 is 0 Å². The van der Waals surface area contributed by atoms with E-state index in [1.165, 1.54) is 55.7 Å². The van der Waals surface area contributed by atoms with Gasteiger partial charge in [0.15, 0.2) is 0 Å². The highest BCUT2D eigenvalue weighted by molar-refractivity contribution is 5.42. The summed E-state index contributed by atoms with van der Waals surface area (Å²) >= 11 is 0. The molecule has 1 aliphatic rings. The summed E-state index contributed by atoms with van der Waals surface area (Å²) in [5.41, 5.74) is 1.42. The monoisotopic (exact) mass is 417 g/mol. The fourth-order valence-electron chi connectivity index (χ4n) is 4.10. The van der Waals surface area contributed by atoms with Gasteiger partial charge in [-0.1, -0.05) is 46.8 Å². The maximum Gasteiger partial charge on any atom is 0.292 e. The van der Waals surface area contributed by atoms with Gasteiger partial charge in [-0.25, -0.2) is 0 Å². The highest BCUT2D eigenvalue weighted by Crippen LogP contribution is 2.16. The summed E-state index contributed by atoms with van der Waals surface area (Å²) in [5, 5.41) is 2.51. The standard InChI is InChI=1S/C23H39N3.C2H4O2/c1-6-21(7-2)25-15-10-16-26(18-17-25)22(8-3)23-20(11-9-14-24-23)13-12-19(4)5;1-4-2-3/h9,11,13-14,19,21H,6-8,10,12,15-18H2,1-5H3;2H,1H3/b20-13-,23-22-;. The number of hydrogen-bond donors (Lipinski definition) is 0. The van der Waals surface area contributed by atoms with Crippen LogP contribution >= 0.6 is 0 Å². The van der Waals surface area contributed by atoms with E-state index < -0.39 is 0 Å². The number of hydrogen-bond acceptors (Lipinski definition) is 5. The molecule has 0 saturated carbocycles. The average molecular weight is 418 g/mol. The lowest BCUT2D eigenvalue weighted by atomic mass is 10.1. The Hall–Kier alpha value is -1.88. The van der Waals surface area contributed by atoms with Crippen molar-refractivity contribution in [2.75, 3.05) is 33.3 Å². The van der Waals surface area contributed by atoms with Crippen LogP contribution in [0.2, 0.25) is 0 Å². The van der Waals surface area contributed by atoms with Gasteiger partial charge in [-0.15, -0.1) is 0 Å². The molecule has 0 bridgehead atoms. The lowest BCUT2D eigenvalue weighted by molar-refractivity contribution is -0.126. The third-order valence-electron chi connectivity index (χ3n) is 5.72.